The third-order valence-electron chi connectivity index (χ3n) is 2.50. The third kappa shape index (κ3) is 3.49. The summed E-state index contributed by atoms with van der Waals surface area (Å²) in [5.74, 6) is 0. The summed E-state index contributed by atoms with van der Waals surface area (Å²) < 4.78 is 28.0. The van der Waals surface area contributed by atoms with Crippen LogP contribution in [0.25, 0.3) is 0 Å². The van der Waals surface area contributed by atoms with E-state index in [0.717, 1.165) is 5.69 Å². The topological polar surface area (TPSA) is 89.8 Å². The van der Waals surface area contributed by atoms with Crippen LogP contribution in [-0.4, -0.2) is 34.7 Å². The first-order valence-corrected chi connectivity index (χ1v) is 7.29. The zero-order chi connectivity index (χ0) is 13.9. The maximum absolute atomic E-state index is 11.9. The van der Waals surface area contributed by atoms with Gasteiger partial charge in [-0.3, -0.25) is 4.68 Å². The van der Waals surface area contributed by atoms with E-state index in [0.29, 0.717) is 6.42 Å². The summed E-state index contributed by atoms with van der Waals surface area (Å²) in [5.41, 5.74) is 0.940. The van der Waals surface area contributed by atoms with Gasteiger partial charge in [-0.1, -0.05) is 0 Å². The zero-order valence-corrected chi connectivity index (χ0v) is 11.7. The van der Waals surface area contributed by atoms with Crippen molar-refractivity contribution in [3.63, 3.8) is 0 Å². The molecule has 102 valence electrons. The number of hydrogen-bond donors (Lipinski definition) is 1. The second-order valence-corrected chi connectivity index (χ2v) is 5.89. The maximum atomic E-state index is 11.9. The Labute approximate surface area is 115 Å². The van der Waals surface area contributed by atoms with E-state index in [1.807, 2.05) is 6.07 Å². The fourth-order valence-electron chi connectivity index (χ4n) is 1.48. The van der Waals surface area contributed by atoms with Crippen molar-refractivity contribution in [2.75, 3.05) is 6.54 Å². The molecular formula is C10H12ClN5O2S. The van der Waals surface area contributed by atoms with Crippen molar-refractivity contribution >= 4 is 21.6 Å². The van der Waals surface area contributed by atoms with Crippen molar-refractivity contribution < 1.29 is 8.42 Å². The summed E-state index contributed by atoms with van der Waals surface area (Å²) in [6.07, 6.45) is 4.55. The van der Waals surface area contributed by atoms with Gasteiger partial charge in [0.25, 0.3) is 0 Å². The fraction of sp³-hybridized carbons (Fsp3) is 0.300. The Bertz CT molecular complexity index is 653. The molecule has 0 spiro atoms. The van der Waals surface area contributed by atoms with Crippen LogP contribution in [-0.2, 0) is 23.5 Å². The first kappa shape index (κ1) is 13.9. The quantitative estimate of drug-likeness (QED) is 0.807. The Morgan fingerprint density at radius 1 is 1.37 bits per heavy atom. The van der Waals surface area contributed by atoms with Crippen molar-refractivity contribution in [1.82, 2.24) is 24.5 Å². The normalized spacial score (nSPS) is 11.7. The van der Waals surface area contributed by atoms with Gasteiger partial charge in [0, 0.05) is 31.9 Å². The van der Waals surface area contributed by atoms with Gasteiger partial charge >= 0.3 is 0 Å². The van der Waals surface area contributed by atoms with Crippen LogP contribution in [0.4, 0.5) is 0 Å². The predicted octanol–water partition coefficient (Wildman–Crippen LogP) is 0.384. The molecule has 0 unspecified atom stereocenters. The number of rotatable bonds is 5. The molecule has 19 heavy (non-hydrogen) atoms. The number of sulfonamides is 1. The smallest absolute Gasteiger partial charge is 0.243 e. The molecule has 9 heteroatoms. The monoisotopic (exact) mass is 301 g/mol. The number of nitrogens with one attached hydrogen (secondary N) is 1. The molecule has 0 aromatic carbocycles. The Balaban J connectivity index is 1.98. The number of halogens is 1. The maximum Gasteiger partial charge on any atom is 0.243 e. The minimum Gasteiger partial charge on any atom is -0.273 e. The standard InChI is InChI=1S/C10H12ClN5O2S/c1-16-8(2-4-14-16)3-5-15-19(17,18)9-6-12-10(11)13-7-9/h2,4,6-7,15H,3,5H2,1H3. The van der Waals surface area contributed by atoms with Crippen LogP contribution >= 0.6 is 11.6 Å². The molecule has 2 aromatic rings. The van der Waals surface area contributed by atoms with Gasteiger partial charge in [0.1, 0.15) is 4.90 Å². The van der Waals surface area contributed by atoms with Crippen molar-refractivity contribution in [1.29, 1.82) is 0 Å². The van der Waals surface area contributed by atoms with E-state index in [1.54, 1.807) is 17.9 Å². The molecule has 0 saturated heterocycles. The molecule has 0 aliphatic carbocycles. The van der Waals surface area contributed by atoms with Gasteiger partial charge in [0.15, 0.2) is 0 Å². The second kappa shape index (κ2) is 5.64. The van der Waals surface area contributed by atoms with Crippen molar-refractivity contribution in [3.8, 4) is 0 Å². The van der Waals surface area contributed by atoms with Crippen LogP contribution in [0.15, 0.2) is 29.6 Å². The molecule has 0 saturated carbocycles. The molecule has 0 aliphatic heterocycles. The Morgan fingerprint density at radius 2 is 2.05 bits per heavy atom. The van der Waals surface area contributed by atoms with Crippen LogP contribution in [0.3, 0.4) is 0 Å². The van der Waals surface area contributed by atoms with E-state index in [9.17, 15) is 8.42 Å². The summed E-state index contributed by atoms with van der Waals surface area (Å²) in [4.78, 5) is 7.26. The average molecular weight is 302 g/mol. The van der Waals surface area contributed by atoms with Gasteiger partial charge in [-0.05, 0) is 17.7 Å². The number of aryl methyl sites for hydroxylation is 1. The average Bonchev–Trinajstić information content (AvgIpc) is 2.75. The lowest BCUT2D eigenvalue weighted by atomic mass is 10.3. The lowest BCUT2D eigenvalue weighted by Gasteiger charge is -2.06. The van der Waals surface area contributed by atoms with Gasteiger partial charge in [0.2, 0.25) is 15.3 Å². The molecule has 2 aromatic heterocycles. The largest absolute Gasteiger partial charge is 0.273 e. The summed E-state index contributed by atoms with van der Waals surface area (Å²) in [6.45, 7) is 0.268. The highest BCUT2D eigenvalue weighted by Crippen LogP contribution is 2.07. The number of hydrogen-bond acceptors (Lipinski definition) is 5. The molecule has 0 bridgehead atoms. The lowest BCUT2D eigenvalue weighted by molar-refractivity contribution is 0.578. The van der Waals surface area contributed by atoms with Gasteiger partial charge in [-0.2, -0.15) is 5.10 Å². The predicted molar refractivity (Wildman–Crippen MR) is 69.1 cm³/mol. The summed E-state index contributed by atoms with van der Waals surface area (Å²) in [5, 5.41) is 4.01. The molecule has 2 heterocycles. The van der Waals surface area contributed by atoms with Crippen LogP contribution in [0.1, 0.15) is 5.69 Å². The third-order valence-corrected chi connectivity index (χ3v) is 4.11. The molecular weight excluding hydrogens is 290 g/mol. The molecule has 1 N–H and O–H groups in total. The second-order valence-electron chi connectivity index (χ2n) is 3.78. The van der Waals surface area contributed by atoms with E-state index in [-0.39, 0.29) is 16.7 Å². The highest BCUT2D eigenvalue weighted by Gasteiger charge is 2.14. The lowest BCUT2D eigenvalue weighted by Crippen LogP contribution is -2.26. The van der Waals surface area contributed by atoms with Crippen molar-refractivity contribution in [2.24, 2.45) is 7.05 Å². The SMILES string of the molecule is Cn1nccc1CCNS(=O)(=O)c1cnc(Cl)nc1. The first-order chi connectivity index (χ1) is 8.99. The first-order valence-electron chi connectivity index (χ1n) is 5.43. The zero-order valence-electron chi connectivity index (χ0n) is 10.1. The Kier molecular flexibility index (Phi) is 4.13. The minimum absolute atomic E-state index is 0.00818. The molecule has 0 atom stereocenters. The van der Waals surface area contributed by atoms with Gasteiger partial charge in [-0.25, -0.2) is 23.1 Å². The van der Waals surface area contributed by atoms with E-state index in [4.69, 9.17) is 11.6 Å². The van der Waals surface area contributed by atoms with Crippen LogP contribution in [0.5, 0.6) is 0 Å². The molecule has 0 fully saturated rings. The highest BCUT2D eigenvalue weighted by molar-refractivity contribution is 7.89. The summed E-state index contributed by atoms with van der Waals surface area (Å²) in [7, 11) is -1.80. The summed E-state index contributed by atoms with van der Waals surface area (Å²) >= 11 is 5.50. The molecule has 0 radical (unpaired) electrons. The molecule has 0 amide bonds. The van der Waals surface area contributed by atoms with Crippen molar-refractivity contribution in [3.05, 3.63) is 35.6 Å². The number of nitrogens with zero attached hydrogens (tertiary/aromatic N) is 4. The van der Waals surface area contributed by atoms with E-state index < -0.39 is 10.0 Å². The molecule has 0 aliphatic rings. The molecule has 2 rings (SSSR count). The Hall–Kier alpha value is -1.51. The van der Waals surface area contributed by atoms with Gasteiger partial charge < -0.3 is 0 Å². The summed E-state index contributed by atoms with van der Waals surface area (Å²) in [6, 6.07) is 1.83. The van der Waals surface area contributed by atoms with E-state index in [2.05, 4.69) is 19.8 Å². The minimum atomic E-state index is -3.61. The van der Waals surface area contributed by atoms with Crippen LogP contribution < -0.4 is 4.72 Å². The van der Waals surface area contributed by atoms with E-state index >= 15 is 0 Å². The van der Waals surface area contributed by atoms with E-state index in [1.165, 1.54) is 12.4 Å². The number of aromatic nitrogens is 4. The molecule has 7 nitrogen and oxygen atoms in total. The van der Waals surface area contributed by atoms with Crippen LogP contribution in [0.2, 0.25) is 5.28 Å². The highest BCUT2D eigenvalue weighted by atomic mass is 35.5. The fourth-order valence-corrected chi connectivity index (χ4v) is 2.50. The van der Waals surface area contributed by atoms with Crippen LogP contribution in [0, 0.1) is 0 Å². The Morgan fingerprint density at radius 3 is 2.63 bits per heavy atom. The van der Waals surface area contributed by atoms with Gasteiger partial charge in [0.05, 0.1) is 12.4 Å². The van der Waals surface area contributed by atoms with Crippen molar-refractivity contribution in [2.45, 2.75) is 11.3 Å². The van der Waals surface area contributed by atoms with Gasteiger partial charge in [-0.15, -0.1) is 0 Å².